The summed E-state index contributed by atoms with van der Waals surface area (Å²) in [5.41, 5.74) is 1.09. The second kappa shape index (κ2) is 5.21. The van der Waals surface area contributed by atoms with E-state index in [2.05, 4.69) is 10.1 Å². The molecule has 0 aliphatic heterocycles. The molecule has 0 saturated heterocycles. The van der Waals surface area contributed by atoms with Crippen LogP contribution in [-0.4, -0.2) is 22.3 Å². The van der Waals surface area contributed by atoms with Gasteiger partial charge in [0.15, 0.2) is 0 Å². The van der Waals surface area contributed by atoms with Crippen LogP contribution in [-0.2, 0) is 11.2 Å². The molecule has 1 heterocycles. The maximum atomic E-state index is 13.1. The highest BCUT2D eigenvalue weighted by atomic mass is 19.3. The SMILES string of the molecule is Cc1ccc(F)cc1-c1noc(CC(=O)C(F)F)n1. The Labute approximate surface area is 106 Å². The normalized spacial score (nSPS) is 11.0. The number of aryl methyl sites for hydroxylation is 1. The molecule has 0 saturated carbocycles. The minimum atomic E-state index is -3.08. The molecule has 2 rings (SSSR count). The standard InChI is InChI=1S/C12H9F3N2O2/c1-6-2-3-7(13)4-8(6)12-16-10(19-17-12)5-9(18)11(14)15/h2-4,11H,5H2,1H3. The first-order chi connectivity index (χ1) is 8.97. The number of alkyl halides is 2. The Hall–Kier alpha value is -2.18. The van der Waals surface area contributed by atoms with Gasteiger partial charge in [-0.1, -0.05) is 11.2 Å². The fourth-order valence-corrected chi connectivity index (χ4v) is 1.50. The van der Waals surface area contributed by atoms with Gasteiger partial charge < -0.3 is 4.52 Å². The van der Waals surface area contributed by atoms with Crippen LogP contribution in [0.2, 0.25) is 0 Å². The van der Waals surface area contributed by atoms with Gasteiger partial charge in [0.1, 0.15) is 5.82 Å². The van der Waals surface area contributed by atoms with Crippen LogP contribution in [0.15, 0.2) is 22.7 Å². The van der Waals surface area contributed by atoms with Crippen molar-refractivity contribution in [3.63, 3.8) is 0 Å². The number of Topliss-reactive ketones (excluding diaryl/α,β-unsaturated/α-hetero) is 1. The zero-order valence-electron chi connectivity index (χ0n) is 9.86. The van der Waals surface area contributed by atoms with Crippen molar-refractivity contribution in [1.82, 2.24) is 10.1 Å². The average Bonchev–Trinajstić information content (AvgIpc) is 2.80. The summed E-state index contributed by atoms with van der Waals surface area (Å²) in [5, 5.41) is 3.55. The molecule has 4 nitrogen and oxygen atoms in total. The maximum Gasteiger partial charge on any atom is 0.296 e. The molecule has 0 fully saturated rings. The summed E-state index contributed by atoms with van der Waals surface area (Å²) in [6.07, 6.45) is -3.72. The number of halogens is 3. The molecule has 1 aromatic carbocycles. The molecule has 0 amide bonds. The number of rotatable bonds is 4. The Bertz CT molecular complexity index is 611. The molecular weight excluding hydrogens is 261 g/mol. The van der Waals surface area contributed by atoms with E-state index in [0.29, 0.717) is 11.1 Å². The van der Waals surface area contributed by atoms with Gasteiger partial charge in [-0.15, -0.1) is 0 Å². The number of nitrogens with zero attached hydrogens (tertiary/aromatic N) is 2. The monoisotopic (exact) mass is 270 g/mol. The van der Waals surface area contributed by atoms with Crippen molar-refractivity contribution in [2.75, 3.05) is 0 Å². The molecule has 0 radical (unpaired) electrons. The molecule has 0 bridgehead atoms. The number of carbonyl (C=O) groups excluding carboxylic acids is 1. The first-order valence-electron chi connectivity index (χ1n) is 5.37. The van der Waals surface area contributed by atoms with Gasteiger partial charge in [0.05, 0.1) is 6.42 Å². The average molecular weight is 270 g/mol. The maximum absolute atomic E-state index is 13.1. The van der Waals surface area contributed by atoms with Crippen LogP contribution in [0.5, 0.6) is 0 Å². The topological polar surface area (TPSA) is 56.0 Å². The number of carbonyl (C=O) groups is 1. The van der Waals surface area contributed by atoms with Crippen molar-refractivity contribution in [3.05, 3.63) is 35.5 Å². The third kappa shape index (κ3) is 2.98. The van der Waals surface area contributed by atoms with Crippen molar-refractivity contribution < 1.29 is 22.5 Å². The van der Waals surface area contributed by atoms with E-state index in [-0.39, 0.29) is 11.7 Å². The molecule has 0 atom stereocenters. The fourth-order valence-electron chi connectivity index (χ4n) is 1.50. The van der Waals surface area contributed by atoms with Crippen LogP contribution in [0, 0.1) is 12.7 Å². The fraction of sp³-hybridized carbons (Fsp3) is 0.250. The summed E-state index contributed by atoms with van der Waals surface area (Å²) in [6, 6.07) is 4.02. The smallest absolute Gasteiger partial charge is 0.296 e. The van der Waals surface area contributed by atoms with Gasteiger partial charge in [-0.2, -0.15) is 4.98 Å². The van der Waals surface area contributed by atoms with E-state index in [4.69, 9.17) is 4.52 Å². The van der Waals surface area contributed by atoms with E-state index in [1.54, 1.807) is 6.92 Å². The van der Waals surface area contributed by atoms with Crippen LogP contribution in [0.3, 0.4) is 0 Å². The zero-order chi connectivity index (χ0) is 14.0. The number of hydrogen-bond donors (Lipinski definition) is 0. The summed E-state index contributed by atoms with van der Waals surface area (Å²) in [4.78, 5) is 14.6. The molecule has 1 aromatic heterocycles. The molecule has 0 aliphatic carbocycles. The highest BCUT2D eigenvalue weighted by molar-refractivity contribution is 5.83. The second-order valence-electron chi connectivity index (χ2n) is 3.91. The molecule has 7 heteroatoms. The van der Waals surface area contributed by atoms with Crippen LogP contribution >= 0.6 is 0 Å². The van der Waals surface area contributed by atoms with Gasteiger partial charge in [-0.3, -0.25) is 4.79 Å². The summed E-state index contributed by atoms with van der Waals surface area (Å²) >= 11 is 0. The van der Waals surface area contributed by atoms with E-state index < -0.39 is 24.4 Å². The van der Waals surface area contributed by atoms with Gasteiger partial charge in [0.25, 0.3) is 6.43 Å². The van der Waals surface area contributed by atoms with Gasteiger partial charge in [-0.25, -0.2) is 13.2 Å². The molecule has 0 spiro atoms. The quantitative estimate of drug-likeness (QED) is 0.856. The lowest BCUT2D eigenvalue weighted by atomic mass is 10.1. The molecule has 0 aliphatic rings. The number of ketones is 1. The predicted octanol–water partition coefficient (Wildman–Crippen LogP) is 2.56. The Morgan fingerprint density at radius 1 is 1.42 bits per heavy atom. The van der Waals surface area contributed by atoms with E-state index in [0.717, 1.165) is 0 Å². The number of hydrogen-bond acceptors (Lipinski definition) is 4. The largest absolute Gasteiger partial charge is 0.338 e. The highest BCUT2D eigenvalue weighted by Gasteiger charge is 2.20. The molecule has 2 aromatic rings. The number of aromatic nitrogens is 2. The van der Waals surface area contributed by atoms with Crippen LogP contribution in [0.1, 0.15) is 11.5 Å². The van der Waals surface area contributed by atoms with Crippen molar-refractivity contribution in [2.45, 2.75) is 19.8 Å². The minimum Gasteiger partial charge on any atom is -0.338 e. The Morgan fingerprint density at radius 3 is 2.84 bits per heavy atom. The molecule has 100 valence electrons. The van der Waals surface area contributed by atoms with Gasteiger partial charge >= 0.3 is 0 Å². The second-order valence-corrected chi connectivity index (χ2v) is 3.91. The van der Waals surface area contributed by atoms with Crippen molar-refractivity contribution >= 4 is 5.78 Å². The van der Waals surface area contributed by atoms with E-state index in [1.807, 2.05) is 0 Å². The van der Waals surface area contributed by atoms with Crippen molar-refractivity contribution in [3.8, 4) is 11.4 Å². The summed E-state index contributed by atoms with van der Waals surface area (Å²) in [7, 11) is 0. The van der Waals surface area contributed by atoms with Crippen LogP contribution < -0.4 is 0 Å². The Morgan fingerprint density at radius 2 is 2.16 bits per heavy atom. The zero-order valence-corrected chi connectivity index (χ0v) is 9.86. The van der Waals surface area contributed by atoms with Crippen molar-refractivity contribution in [2.24, 2.45) is 0 Å². The van der Waals surface area contributed by atoms with Crippen LogP contribution in [0.4, 0.5) is 13.2 Å². The minimum absolute atomic E-state index is 0.0640. The lowest BCUT2D eigenvalue weighted by Crippen LogP contribution is -2.12. The third-order valence-corrected chi connectivity index (χ3v) is 2.48. The first kappa shape index (κ1) is 13.3. The summed E-state index contributed by atoms with van der Waals surface area (Å²) < 4.78 is 42.0. The van der Waals surface area contributed by atoms with Gasteiger partial charge in [0, 0.05) is 5.56 Å². The third-order valence-electron chi connectivity index (χ3n) is 2.48. The molecule has 19 heavy (non-hydrogen) atoms. The Balaban J connectivity index is 2.26. The van der Waals surface area contributed by atoms with Crippen LogP contribution in [0.25, 0.3) is 11.4 Å². The summed E-state index contributed by atoms with van der Waals surface area (Å²) in [6.45, 7) is 1.72. The van der Waals surface area contributed by atoms with Crippen molar-refractivity contribution in [1.29, 1.82) is 0 Å². The van der Waals surface area contributed by atoms with E-state index in [1.165, 1.54) is 18.2 Å². The lowest BCUT2D eigenvalue weighted by Gasteiger charge is -1.99. The highest BCUT2D eigenvalue weighted by Crippen LogP contribution is 2.21. The number of benzene rings is 1. The van der Waals surface area contributed by atoms with E-state index in [9.17, 15) is 18.0 Å². The predicted molar refractivity (Wildman–Crippen MR) is 59.1 cm³/mol. The molecule has 0 N–H and O–H groups in total. The molecule has 0 unspecified atom stereocenters. The summed E-state index contributed by atoms with van der Waals surface area (Å²) in [5.74, 6) is -1.93. The lowest BCUT2D eigenvalue weighted by molar-refractivity contribution is -0.129. The molecular formula is C12H9F3N2O2. The van der Waals surface area contributed by atoms with E-state index >= 15 is 0 Å². The first-order valence-corrected chi connectivity index (χ1v) is 5.37. The van der Waals surface area contributed by atoms with Gasteiger partial charge in [-0.05, 0) is 24.6 Å². The Kier molecular flexibility index (Phi) is 3.64. The van der Waals surface area contributed by atoms with Gasteiger partial charge in [0.2, 0.25) is 17.5 Å².